The fourth-order valence-corrected chi connectivity index (χ4v) is 13.4. The van der Waals surface area contributed by atoms with Crippen LogP contribution in [0.2, 0.25) is 0 Å². The fourth-order valence-electron chi connectivity index (χ4n) is 8.00. The summed E-state index contributed by atoms with van der Waals surface area (Å²) >= 11 is 12.3. The molecule has 13 nitrogen and oxygen atoms in total. The molecule has 0 amide bonds. The number of hydrogen-bond acceptors (Lipinski definition) is 17. The Labute approximate surface area is 473 Å². The average molecular weight is 1210 g/mol. The van der Waals surface area contributed by atoms with Crippen molar-refractivity contribution >= 4 is 119 Å². The molecule has 0 saturated heterocycles. The number of allylic oxidation sites excluding steroid dienone is 1. The molecule has 0 bridgehead atoms. The number of aromatic nitrogens is 4. The maximum atomic E-state index is 12.8. The summed E-state index contributed by atoms with van der Waals surface area (Å²) in [7, 11) is 0. The quantitative estimate of drug-likeness (QED) is 0.0444. The van der Waals surface area contributed by atoms with Crippen molar-refractivity contribution in [3.05, 3.63) is 148 Å². The minimum Gasteiger partial charge on any atom is -0.753 e. The molecule has 10 aromatic rings. The van der Waals surface area contributed by atoms with Crippen molar-refractivity contribution in [1.82, 2.24) is 19.9 Å². The van der Waals surface area contributed by atoms with Crippen molar-refractivity contribution in [3.63, 3.8) is 0 Å². The number of rotatable bonds is 15. The maximum absolute atomic E-state index is 12.8. The van der Waals surface area contributed by atoms with E-state index in [9.17, 15) is 14.0 Å². The number of nitrogens with one attached hydrogen (secondary N) is 2. The molecule has 0 fully saturated rings. The number of isothiocyanates is 1. The molecule has 76 heavy (non-hydrogen) atoms. The normalized spacial score (nSPS) is 11.6. The molecule has 1 aliphatic heterocycles. The van der Waals surface area contributed by atoms with E-state index in [-0.39, 0.29) is 30.9 Å². The van der Waals surface area contributed by atoms with Gasteiger partial charge in [0.05, 0.1) is 32.5 Å². The van der Waals surface area contributed by atoms with Crippen LogP contribution in [0.25, 0.3) is 101 Å². The first-order valence-corrected chi connectivity index (χ1v) is 27.5. The Bertz CT molecular complexity index is 3750. The van der Waals surface area contributed by atoms with Crippen molar-refractivity contribution in [2.75, 3.05) is 13.2 Å². The van der Waals surface area contributed by atoms with Crippen LogP contribution in [0.4, 0.5) is 4.39 Å². The molecule has 0 radical (unpaired) electrons. The maximum Gasteiger partial charge on any atom is 2.00 e. The number of ether oxygens (including phenoxy) is 4. The Balaban J connectivity index is 0.000000206. The Morgan fingerprint density at radius 2 is 1.38 bits per heavy atom. The Morgan fingerprint density at radius 1 is 0.763 bits per heavy atom. The second-order valence-electron chi connectivity index (χ2n) is 16.3. The first kappa shape index (κ1) is 55.2. The van der Waals surface area contributed by atoms with Crippen LogP contribution in [-0.2, 0) is 35.5 Å². The number of halogens is 1. The third-order valence-corrected chi connectivity index (χ3v) is 17.0. The van der Waals surface area contributed by atoms with Gasteiger partial charge in [0, 0.05) is 81.8 Å². The number of thiophene rings is 5. The van der Waals surface area contributed by atoms with Crippen LogP contribution in [0, 0.1) is 12.3 Å². The largest absolute Gasteiger partial charge is 2.00 e. The summed E-state index contributed by atoms with van der Waals surface area (Å²) in [6.45, 7) is 6.06. The average Bonchev–Trinajstić information content (AvgIpc) is 4.30. The number of nitrogens with zero attached hydrogens (tertiary/aromatic N) is 5. The summed E-state index contributed by atoms with van der Waals surface area (Å²) in [6, 6.07) is 29.2. The molecule has 0 atom stereocenters. The first-order chi connectivity index (χ1) is 36.5. The number of hydrogen-bond donors (Lipinski definition) is 1. The zero-order chi connectivity index (χ0) is 52.4. The summed E-state index contributed by atoms with van der Waals surface area (Å²) in [5.74, 6) is 1.06. The molecule has 0 saturated carbocycles. The standard InChI is InChI=1S/C32H21N3O6S3.C22H19FN3S2.CNS.Ru/c1-18-22(6-11-42-18)31-29-30(39-10-9-38-29)32(44-31)28-3-2-27(43-28)19-4-7-33-23(12-19)25-14-21(41-17-37)15-26(35-25)24-13-20(40-16-36)5-8-34-24;1-2-3-4-16-7-14-9-21-15(11-20(14)27-16)10-19(28-21)13-5-6-26-18(8-13)17(24)12-22(23)25;2-1-3;/h2-8,11-17H,9-10H2,1H3;5-12,24-25H,2-4H2,1H3;;/q;2*-1;+2/b;17-12-,25-22?;;. The Kier molecular flexibility index (Phi) is 18.6. The number of thiocarbonyl (C=S) groups is 1. The number of unbranched alkanes of at least 4 members (excludes halogenated alkanes) is 1. The van der Waals surface area contributed by atoms with Gasteiger partial charge in [0.25, 0.3) is 12.9 Å². The summed E-state index contributed by atoms with van der Waals surface area (Å²) in [5.41, 5.74) is 13.1. The molecular weight excluding hydrogens is 1170 g/mol. The second kappa shape index (κ2) is 25.7. The van der Waals surface area contributed by atoms with Gasteiger partial charge in [-0.3, -0.25) is 30.0 Å². The molecule has 0 unspecified atom stereocenters. The van der Waals surface area contributed by atoms with Gasteiger partial charge in [-0.1, -0.05) is 25.6 Å². The molecule has 382 valence electrons. The van der Waals surface area contributed by atoms with Crippen LogP contribution in [-0.4, -0.2) is 57.2 Å². The van der Waals surface area contributed by atoms with E-state index in [1.807, 2.05) is 29.5 Å². The van der Waals surface area contributed by atoms with Gasteiger partial charge >= 0.3 is 19.5 Å². The van der Waals surface area contributed by atoms with E-state index in [0.717, 1.165) is 59.5 Å². The van der Waals surface area contributed by atoms with Crippen LogP contribution in [0.1, 0.15) is 35.2 Å². The van der Waals surface area contributed by atoms with Crippen molar-refractivity contribution in [3.8, 4) is 86.8 Å². The van der Waals surface area contributed by atoms with Crippen molar-refractivity contribution in [1.29, 1.82) is 5.41 Å². The summed E-state index contributed by atoms with van der Waals surface area (Å²) < 4.78 is 37.7. The fraction of sp³-hybridized carbons (Fsp3) is 0.127. The van der Waals surface area contributed by atoms with Gasteiger partial charge in [0.1, 0.15) is 24.7 Å². The number of pyridine rings is 4. The van der Waals surface area contributed by atoms with Gasteiger partial charge < -0.3 is 30.1 Å². The monoisotopic (exact) mass is 1210 g/mol. The molecule has 9 aromatic heterocycles. The summed E-state index contributed by atoms with van der Waals surface area (Å²) in [4.78, 5) is 47.8. The third-order valence-electron chi connectivity index (χ3n) is 11.4. The van der Waals surface area contributed by atoms with Gasteiger partial charge in [0.2, 0.25) is 5.97 Å². The van der Waals surface area contributed by atoms with Gasteiger partial charge in [-0.15, -0.1) is 62.4 Å². The van der Waals surface area contributed by atoms with Crippen LogP contribution in [0.5, 0.6) is 23.0 Å². The molecular formula is C55H40FN7O6RuS6. The van der Waals surface area contributed by atoms with Gasteiger partial charge in [0.15, 0.2) is 11.5 Å². The van der Waals surface area contributed by atoms with E-state index >= 15 is 0 Å². The Morgan fingerprint density at radius 3 is 2.07 bits per heavy atom. The molecule has 1 aliphatic rings. The smallest absolute Gasteiger partial charge is 0.753 e. The SMILES string of the molecule is CCCCc1cc2cc3sc(-c4ccnc(/C([NH-])=C/C(=N)F)c4)cc3cc2s1.Cc1sccc1-c1sc(-c2ccc(-c3ccnc(-c4cc(OC=O)cc(-c5cc(OC=O)ccn5)n4)c3)s2)c2c1OCCO2.[N-]=C=S.[Ru+2]. The topological polar surface area (TPSA) is 193 Å². The molecule has 10 heterocycles. The predicted octanol–water partition coefficient (Wildman–Crippen LogP) is 16.1. The van der Waals surface area contributed by atoms with Crippen LogP contribution < -0.4 is 18.9 Å². The number of carbonyl (C=O) groups is 2. The van der Waals surface area contributed by atoms with E-state index in [2.05, 4.69) is 88.9 Å². The van der Waals surface area contributed by atoms with Crippen LogP contribution in [0.3, 0.4) is 0 Å². The number of benzene rings is 1. The van der Waals surface area contributed by atoms with Crippen molar-refractivity contribution in [2.24, 2.45) is 0 Å². The van der Waals surface area contributed by atoms with E-state index < -0.39 is 5.97 Å². The number of carbonyl (C=O) groups excluding carboxylic acids is 2. The third kappa shape index (κ3) is 12.8. The van der Waals surface area contributed by atoms with Gasteiger partial charge in [-0.2, -0.15) is 9.55 Å². The van der Waals surface area contributed by atoms with Crippen molar-refractivity contribution in [2.45, 2.75) is 33.1 Å². The van der Waals surface area contributed by atoms with E-state index in [0.29, 0.717) is 60.4 Å². The van der Waals surface area contributed by atoms with E-state index in [4.69, 9.17) is 40.5 Å². The summed E-state index contributed by atoms with van der Waals surface area (Å²) in [5, 5.41) is 20.0. The van der Waals surface area contributed by atoms with E-state index in [1.54, 1.807) is 88.1 Å². The Hall–Kier alpha value is -7.06. The molecule has 0 aliphatic carbocycles. The minimum atomic E-state index is -1.14. The number of fused-ring (bicyclic) bond motifs is 3. The van der Waals surface area contributed by atoms with Crippen LogP contribution >= 0.6 is 68.9 Å². The van der Waals surface area contributed by atoms with Crippen molar-refractivity contribution < 1.29 is 52.4 Å². The number of aryl methyl sites for hydroxylation is 2. The first-order valence-electron chi connectivity index (χ1n) is 22.9. The molecule has 0 spiro atoms. The molecule has 2 N–H and O–H groups in total. The zero-order valence-corrected chi connectivity index (χ0v) is 46.7. The zero-order valence-electron chi connectivity index (χ0n) is 40.1. The van der Waals surface area contributed by atoms with Gasteiger partial charge in [-0.25, -0.2) is 4.98 Å². The summed E-state index contributed by atoms with van der Waals surface area (Å²) in [6.07, 6.45) is 9.29. The molecule has 21 heteroatoms. The second-order valence-corrected chi connectivity index (χ2v) is 21.9. The van der Waals surface area contributed by atoms with E-state index in [1.165, 1.54) is 59.7 Å². The minimum absolute atomic E-state index is 0. The molecule has 1 aromatic carbocycles. The van der Waals surface area contributed by atoms with Crippen LogP contribution in [0.15, 0.2) is 121 Å². The van der Waals surface area contributed by atoms with Gasteiger partial charge in [-0.05, 0) is 126 Å². The predicted molar refractivity (Wildman–Crippen MR) is 306 cm³/mol. The molecule has 11 rings (SSSR count).